The number of nitrogens with zero attached hydrogens (tertiary/aromatic N) is 2. The highest BCUT2D eigenvalue weighted by Crippen LogP contribution is 2.24. The van der Waals surface area contributed by atoms with Crippen LogP contribution < -0.4 is 0 Å². The van der Waals surface area contributed by atoms with E-state index in [1.807, 2.05) is 0 Å². The average Bonchev–Trinajstić information content (AvgIpc) is 3.04. The SMILES string of the molecule is C=C/C=C(\C=C(/C)OCC=C)C(C(=O)O)n1ccc2[nH]ncc2c1=S. The molecule has 0 amide bonds. The number of carboxylic acids is 1. The molecule has 2 N–H and O–H groups in total. The Labute approximate surface area is 150 Å². The molecule has 0 aliphatic carbocycles. The van der Waals surface area contributed by atoms with Crippen molar-refractivity contribution >= 4 is 29.1 Å². The van der Waals surface area contributed by atoms with E-state index >= 15 is 0 Å². The van der Waals surface area contributed by atoms with Crippen molar-refractivity contribution < 1.29 is 14.6 Å². The van der Waals surface area contributed by atoms with E-state index in [2.05, 4.69) is 23.4 Å². The third-order valence-corrected chi connectivity index (χ3v) is 3.90. The molecule has 25 heavy (non-hydrogen) atoms. The number of aromatic nitrogens is 3. The van der Waals surface area contributed by atoms with E-state index in [1.165, 1.54) is 10.6 Å². The van der Waals surface area contributed by atoms with Crippen LogP contribution in [-0.4, -0.2) is 32.4 Å². The van der Waals surface area contributed by atoms with Crippen molar-refractivity contribution in [1.29, 1.82) is 0 Å². The number of aromatic amines is 1. The van der Waals surface area contributed by atoms with Gasteiger partial charge in [0.05, 0.1) is 22.9 Å². The first kappa shape index (κ1) is 18.4. The van der Waals surface area contributed by atoms with Crippen LogP contribution in [-0.2, 0) is 9.53 Å². The molecule has 7 heteroatoms. The second kappa shape index (κ2) is 8.25. The lowest BCUT2D eigenvalue weighted by Gasteiger charge is -2.19. The molecule has 2 aromatic rings. The lowest BCUT2D eigenvalue weighted by atomic mass is 10.0. The molecular formula is C18H19N3O3S. The number of hydrogen-bond acceptors (Lipinski definition) is 4. The van der Waals surface area contributed by atoms with Crippen LogP contribution in [0.5, 0.6) is 0 Å². The van der Waals surface area contributed by atoms with Gasteiger partial charge in [0.1, 0.15) is 11.2 Å². The van der Waals surface area contributed by atoms with Crippen LogP contribution >= 0.6 is 12.2 Å². The van der Waals surface area contributed by atoms with Gasteiger partial charge in [-0.1, -0.05) is 43.6 Å². The molecule has 1 unspecified atom stereocenters. The van der Waals surface area contributed by atoms with Crippen LogP contribution in [0, 0.1) is 4.64 Å². The van der Waals surface area contributed by atoms with Gasteiger partial charge in [-0.15, -0.1) is 0 Å². The fourth-order valence-corrected chi connectivity index (χ4v) is 2.73. The Hall–Kier alpha value is -2.93. The van der Waals surface area contributed by atoms with E-state index in [0.29, 0.717) is 28.0 Å². The Morgan fingerprint density at radius 2 is 2.32 bits per heavy atom. The van der Waals surface area contributed by atoms with Gasteiger partial charge in [-0.2, -0.15) is 5.10 Å². The molecule has 130 valence electrons. The Morgan fingerprint density at radius 1 is 1.56 bits per heavy atom. The summed E-state index contributed by atoms with van der Waals surface area (Å²) in [6, 6.07) is 0.719. The van der Waals surface area contributed by atoms with E-state index in [4.69, 9.17) is 17.0 Å². The zero-order valence-electron chi connectivity index (χ0n) is 13.8. The predicted octanol–water partition coefficient (Wildman–Crippen LogP) is 3.94. The van der Waals surface area contributed by atoms with Gasteiger partial charge < -0.3 is 14.4 Å². The molecule has 2 heterocycles. The van der Waals surface area contributed by atoms with Crippen molar-refractivity contribution in [3.63, 3.8) is 0 Å². The molecule has 0 radical (unpaired) electrons. The van der Waals surface area contributed by atoms with E-state index in [-0.39, 0.29) is 0 Å². The van der Waals surface area contributed by atoms with Crippen molar-refractivity contribution in [2.45, 2.75) is 13.0 Å². The van der Waals surface area contributed by atoms with Crippen LogP contribution in [0.2, 0.25) is 0 Å². The number of carboxylic acid groups (broad SMARTS) is 1. The first-order valence-electron chi connectivity index (χ1n) is 7.51. The summed E-state index contributed by atoms with van der Waals surface area (Å²) in [7, 11) is 0. The van der Waals surface area contributed by atoms with E-state index in [1.54, 1.807) is 43.6 Å². The van der Waals surface area contributed by atoms with Crippen molar-refractivity contribution in [3.8, 4) is 0 Å². The summed E-state index contributed by atoms with van der Waals surface area (Å²) >= 11 is 5.45. The van der Waals surface area contributed by atoms with E-state index in [9.17, 15) is 9.90 Å². The summed E-state index contributed by atoms with van der Waals surface area (Å²) in [5.74, 6) is -0.477. The maximum absolute atomic E-state index is 12.0. The van der Waals surface area contributed by atoms with Crippen molar-refractivity contribution in [2.24, 2.45) is 0 Å². The Morgan fingerprint density at radius 3 is 2.96 bits per heavy atom. The number of fused-ring (bicyclic) bond motifs is 1. The molecule has 0 bridgehead atoms. The van der Waals surface area contributed by atoms with Crippen molar-refractivity contribution in [1.82, 2.24) is 14.8 Å². The van der Waals surface area contributed by atoms with Crippen LogP contribution in [0.25, 0.3) is 10.9 Å². The summed E-state index contributed by atoms with van der Waals surface area (Å²) in [4.78, 5) is 12.0. The summed E-state index contributed by atoms with van der Waals surface area (Å²) in [6.07, 6.45) is 9.64. The van der Waals surface area contributed by atoms with Crippen molar-refractivity contribution in [3.05, 3.63) is 71.9 Å². The number of ether oxygens (including phenoxy) is 1. The lowest BCUT2D eigenvalue weighted by molar-refractivity contribution is -0.139. The summed E-state index contributed by atoms with van der Waals surface area (Å²) in [5, 5.41) is 17.3. The molecule has 2 rings (SSSR count). The molecule has 6 nitrogen and oxygen atoms in total. The Kier molecular flexibility index (Phi) is 6.08. The quantitative estimate of drug-likeness (QED) is 0.324. The molecule has 0 aliphatic rings. The minimum atomic E-state index is -1.04. The number of rotatable bonds is 8. The molecule has 0 saturated carbocycles. The highest BCUT2D eigenvalue weighted by atomic mass is 32.1. The Balaban J connectivity index is 2.56. The molecule has 0 saturated heterocycles. The minimum absolute atomic E-state index is 0.335. The number of H-pyrrole nitrogens is 1. The predicted molar refractivity (Wildman–Crippen MR) is 99.8 cm³/mol. The van der Waals surface area contributed by atoms with Gasteiger partial charge in [0, 0.05) is 6.20 Å². The van der Waals surface area contributed by atoms with Crippen LogP contribution in [0.15, 0.2) is 67.3 Å². The first-order valence-corrected chi connectivity index (χ1v) is 7.92. The van der Waals surface area contributed by atoms with Gasteiger partial charge >= 0.3 is 5.97 Å². The van der Waals surface area contributed by atoms with Crippen LogP contribution in [0.4, 0.5) is 0 Å². The second-order valence-corrected chi connectivity index (χ2v) is 5.61. The number of allylic oxidation sites excluding steroid dienone is 4. The smallest absolute Gasteiger partial charge is 0.331 e. The van der Waals surface area contributed by atoms with Gasteiger partial charge in [0.25, 0.3) is 0 Å². The molecule has 2 aromatic heterocycles. The molecule has 0 spiro atoms. The molecule has 0 aliphatic heterocycles. The second-order valence-electron chi connectivity index (χ2n) is 5.22. The largest absolute Gasteiger partial charge is 0.494 e. The van der Waals surface area contributed by atoms with Gasteiger partial charge in [-0.3, -0.25) is 5.10 Å². The van der Waals surface area contributed by atoms with Crippen LogP contribution in [0.1, 0.15) is 13.0 Å². The fraction of sp³-hybridized carbons (Fsp3) is 0.167. The zero-order valence-corrected chi connectivity index (χ0v) is 14.6. The molecule has 0 fully saturated rings. The highest BCUT2D eigenvalue weighted by Gasteiger charge is 2.24. The first-order chi connectivity index (χ1) is 12.0. The lowest BCUT2D eigenvalue weighted by Crippen LogP contribution is -2.21. The maximum atomic E-state index is 12.0. The van der Waals surface area contributed by atoms with Gasteiger partial charge in [0.15, 0.2) is 6.04 Å². The standard InChI is InChI=1S/C18H19N3O3S/c1-4-6-13(10-12(3)24-9-5-2)16(18(22)23)21-8-7-15-14(17(21)25)11-19-20-15/h4-8,10-11,16H,1-2,9H2,3H3,(H,19,20)(H,22,23)/b12-10+,13-6+. The Bertz CT molecular complexity index is 921. The van der Waals surface area contributed by atoms with Gasteiger partial charge in [-0.05, 0) is 24.6 Å². The number of pyridine rings is 1. The van der Waals surface area contributed by atoms with E-state index < -0.39 is 12.0 Å². The maximum Gasteiger partial charge on any atom is 0.331 e. The van der Waals surface area contributed by atoms with E-state index in [0.717, 1.165) is 5.52 Å². The summed E-state index contributed by atoms with van der Waals surface area (Å²) < 4.78 is 7.34. The average molecular weight is 357 g/mol. The minimum Gasteiger partial charge on any atom is -0.494 e. The molecule has 0 aromatic carbocycles. The number of hydrogen-bond donors (Lipinski definition) is 2. The number of carbonyl (C=O) groups is 1. The molecular weight excluding hydrogens is 338 g/mol. The topological polar surface area (TPSA) is 80.1 Å². The van der Waals surface area contributed by atoms with Crippen LogP contribution in [0.3, 0.4) is 0 Å². The zero-order chi connectivity index (χ0) is 18.4. The number of aliphatic carboxylic acids is 1. The highest BCUT2D eigenvalue weighted by molar-refractivity contribution is 7.71. The molecule has 1 atom stereocenters. The number of nitrogens with one attached hydrogen (secondary N) is 1. The summed E-state index contributed by atoms with van der Waals surface area (Å²) in [6.45, 7) is 9.34. The van der Waals surface area contributed by atoms with Gasteiger partial charge in [-0.25, -0.2) is 4.79 Å². The van der Waals surface area contributed by atoms with Crippen molar-refractivity contribution in [2.75, 3.05) is 6.61 Å². The third-order valence-electron chi connectivity index (χ3n) is 3.47. The fourth-order valence-electron chi connectivity index (χ4n) is 2.40. The summed E-state index contributed by atoms with van der Waals surface area (Å²) in [5.41, 5.74) is 1.24. The van der Waals surface area contributed by atoms with Gasteiger partial charge in [0.2, 0.25) is 0 Å². The third kappa shape index (κ3) is 4.13. The monoisotopic (exact) mass is 357 g/mol. The normalized spacial score (nSPS) is 13.5.